The van der Waals surface area contributed by atoms with Gasteiger partial charge in [0.1, 0.15) is 17.4 Å². The number of para-hydroxylation sites is 2. The van der Waals surface area contributed by atoms with E-state index in [0.717, 1.165) is 29.6 Å². The standard InChI is InChI=1S/C25H27F2N3O4S/c1-34-23-11-3-2-10-22(23)29-14-16-30(17-15-29)25(31)18-6-4-7-19(13-12-18)28-35(32,33)24-20(26)8-5-9-21(24)27/h2-3,5,7-13,18,28H,4,6,14-17H2,1H3. The monoisotopic (exact) mass is 503 g/mol. The Kier molecular flexibility index (Phi) is 7.39. The van der Waals surface area contributed by atoms with Crippen molar-refractivity contribution in [2.75, 3.05) is 38.2 Å². The van der Waals surface area contributed by atoms with E-state index >= 15 is 0 Å². The lowest BCUT2D eigenvalue weighted by Gasteiger charge is -2.37. The number of amides is 1. The van der Waals surface area contributed by atoms with Crippen LogP contribution in [0.5, 0.6) is 5.75 Å². The lowest BCUT2D eigenvalue weighted by atomic mass is 10.0. The first kappa shape index (κ1) is 24.7. The fraction of sp³-hybridized carbons (Fsp3) is 0.320. The number of carbonyl (C=O) groups excluding carboxylic acids is 1. The van der Waals surface area contributed by atoms with Gasteiger partial charge < -0.3 is 14.5 Å². The highest BCUT2D eigenvalue weighted by Gasteiger charge is 2.28. The molecule has 2 aromatic carbocycles. The molecule has 1 atom stereocenters. The summed E-state index contributed by atoms with van der Waals surface area (Å²) in [5, 5.41) is 0. The third-order valence-corrected chi connectivity index (χ3v) is 7.56. The minimum absolute atomic E-state index is 0.0291. The van der Waals surface area contributed by atoms with Crippen molar-refractivity contribution in [3.63, 3.8) is 0 Å². The van der Waals surface area contributed by atoms with E-state index in [1.165, 1.54) is 6.08 Å². The number of hydrogen-bond acceptors (Lipinski definition) is 5. The third kappa shape index (κ3) is 5.48. The highest BCUT2D eigenvalue weighted by atomic mass is 32.2. The Hall–Kier alpha value is -3.40. The minimum atomic E-state index is -4.46. The first-order chi connectivity index (χ1) is 16.8. The van der Waals surface area contributed by atoms with Crippen LogP contribution in [-0.2, 0) is 14.8 Å². The smallest absolute Gasteiger partial charge is 0.267 e. The summed E-state index contributed by atoms with van der Waals surface area (Å²) in [6, 6.07) is 10.6. The Balaban J connectivity index is 1.38. The van der Waals surface area contributed by atoms with E-state index in [1.54, 1.807) is 19.3 Å². The van der Waals surface area contributed by atoms with Crippen LogP contribution in [0.15, 0.2) is 71.3 Å². The average molecular weight is 504 g/mol. The van der Waals surface area contributed by atoms with E-state index < -0.39 is 32.5 Å². The number of nitrogens with one attached hydrogen (secondary N) is 1. The molecule has 10 heteroatoms. The lowest BCUT2D eigenvalue weighted by Crippen LogP contribution is -2.50. The van der Waals surface area contributed by atoms with Crippen LogP contribution in [0.1, 0.15) is 12.8 Å². The van der Waals surface area contributed by atoms with E-state index in [2.05, 4.69) is 9.62 Å². The van der Waals surface area contributed by atoms with Crippen molar-refractivity contribution in [1.29, 1.82) is 0 Å². The van der Waals surface area contributed by atoms with Gasteiger partial charge in [-0.25, -0.2) is 17.2 Å². The molecule has 0 radical (unpaired) electrons. The number of nitrogens with zero attached hydrogens (tertiary/aromatic N) is 2. The molecule has 1 N–H and O–H groups in total. The second kappa shape index (κ2) is 10.5. The predicted octanol–water partition coefficient (Wildman–Crippen LogP) is 3.45. The second-order valence-corrected chi connectivity index (χ2v) is 9.96. The zero-order chi connectivity index (χ0) is 25.0. The van der Waals surface area contributed by atoms with Gasteiger partial charge in [-0.3, -0.25) is 9.52 Å². The zero-order valence-corrected chi connectivity index (χ0v) is 20.1. The molecule has 1 aliphatic heterocycles. The first-order valence-corrected chi connectivity index (χ1v) is 12.8. The van der Waals surface area contributed by atoms with Crippen molar-refractivity contribution in [3.8, 4) is 5.75 Å². The van der Waals surface area contributed by atoms with Crippen LogP contribution in [0, 0.1) is 17.6 Å². The molecule has 1 aliphatic carbocycles. The number of methoxy groups -OCH3 is 1. The summed E-state index contributed by atoms with van der Waals surface area (Å²) in [6.45, 7) is 2.45. The molecule has 1 fully saturated rings. The predicted molar refractivity (Wildman–Crippen MR) is 128 cm³/mol. The van der Waals surface area contributed by atoms with Gasteiger partial charge in [0.05, 0.1) is 18.7 Å². The summed E-state index contributed by atoms with van der Waals surface area (Å²) in [5.41, 5.74) is 1.16. The molecule has 186 valence electrons. The molecule has 1 heterocycles. The molecule has 1 saturated heterocycles. The van der Waals surface area contributed by atoms with Crippen LogP contribution >= 0.6 is 0 Å². The van der Waals surface area contributed by atoms with E-state index in [1.807, 2.05) is 29.2 Å². The first-order valence-electron chi connectivity index (χ1n) is 11.3. The normalized spacial score (nSPS) is 18.6. The van der Waals surface area contributed by atoms with Gasteiger partial charge >= 0.3 is 0 Å². The number of rotatable bonds is 6. The number of anilines is 1. The zero-order valence-electron chi connectivity index (χ0n) is 19.3. The summed E-state index contributed by atoms with van der Waals surface area (Å²) in [7, 11) is -2.83. The van der Waals surface area contributed by atoms with E-state index in [4.69, 9.17) is 4.74 Å². The lowest BCUT2D eigenvalue weighted by molar-refractivity contribution is -0.134. The maximum atomic E-state index is 14.0. The Morgan fingerprint density at radius 3 is 2.40 bits per heavy atom. The number of allylic oxidation sites excluding steroid dienone is 2. The van der Waals surface area contributed by atoms with Crippen LogP contribution in [0.25, 0.3) is 0 Å². The van der Waals surface area contributed by atoms with Gasteiger partial charge in [0.15, 0.2) is 4.90 Å². The van der Waals surface area contributed by atoms with Crippen LogP contribution < -0.4 is 14.4 Å². The fourth-order valence-electron chi connectivity index (χ4n) is 4.32. The highest BCUT2D eigenvalue weighted by molar-refractivity contribution is 7.89. The van der Waals surface area contributed by atoms with Gasteiger partial charge in [-0.05, 0) is 43.2 Å². The van der Waals surface area contributed by atoms with Crippen molar-refractivity contribution in [2.24, 2.45) is 5.92 Å². The summed E-state index contributed by atoms with van der Waals surface area (Å²) >= 11 is 0. The Morgan fingerprint density at radius 1 is 1.03 bits per heavy atom. The quantitative estimate of drug-likeness (QED) is 0.654. The summed E-state index contributed by atoms with van der Waals surface area (Å²) in [5.74, 6) is -2.00. The Labute approximate surface area is 203 Å². The van der Waals surface area contributed by atoms with Crippen LogP contribution in [0.2, 0.25) is 0 Å². The Bertz CT molecular complexity index is 1230. The van der Waals surface area contributed by atoms with Crippen molar-refractivity contribution in [1.82, 2.24) is 9.62 Å². The molecule has 2 aromatic rings. The minimum Gasteiger partial charge on any atom is -0.495 e. The van der Waals surface area contributed by atoms with Gasteiger partial charge in [0.25, 0.3) is 10.0 Å². The molecule has 7 nitrogen and oxygen atoms in total. The van der Waals surface area contributed by atoms with Gasteiger partial charge in [0, 0.05) is 31.9 Å². The topological polar surface area (TPSA) is 79.0 Å². The maximum Gasteiger partial charge on any atom is 0.267 e. The summed E-state index contributed by atoms with van der Waals surface area (Å²) < 4.78 is 60.7. The van der Waals surface area contributed by atoms with Gasteiger partial charge in [-0.1, -0.05) is 30.4 Å². The van der Waals surface area contributed by atoms with Crippen molar-refractivity contribution in [2.45, 2.75) is 17.7 Å². The molecule has 0 bridgehead atoms. The van der Waals surface area contributed by atoms with Crippen molar-refractivity contribution >= 4 is 21.6 Å². The molecular formula is C25H27F2N3O4S. The van der Waals surface area contributed by atoms with E-state index in [9.17, 15) is 22.0 Å². The number of benzene rings is 2. The molecule has 0 spiro atoms. The number of piperazine rings is 1. The van der Waals surface area contributed by atoms with Crippen LogP contribution in [-0.4, -0.2) is 52.5 Å². The number of carbonyl (C=O) groups is 1. The van der Waals surface area contributed by atoms with Gasteiger partial charge in [-0.15, -0.1) is 0 Å². The molecule has 2 aliphatic rings. The highest BCUT2D eigenvalue weighted by Crippen LogP contribution is 2.29. The SMILES string of the molecule is COc1ccccc1N1CCN(C(=O)C2C=CC(NS(=O)(=O)c3c(F)cccc3F)=CCC2)CC1. The number of sulfonamides is 1. The number of ether oxygens (including phenoxy) is 1. The van der Waals surface area contributed by atoms with Crippen LogP contribution in [0.4, 0.5) is 14.5 Å². The molecule has 4 rings (SSSR count). The largest absolute Gasteiger partial charge is 0.495 e. The van der Waals surface area contributed by atoms with E-state index in [0.29, 0.717) is 39.0 Å². The van der Waals surface area contributed by atoms with Crippen molar-refractivity contribution in [3.05, 3.63) is 78.0 Å². The average Bonchev–Trinajstić information content (AvgIpc) is 3.08. The molecule has 35 heavy (non-hydrogen) atoms. The summed E-state index contributed by atoms with van der Waals surface area (Å²) in [6.07, 6.45) is 5.67. The van der Waals surface area contributed by atoms with Gasteiger partial charge in [0.2, 0.25) is 5.91 Å². The van der Waals surface area contributed by atoms with E-state index in [-0.39, 0.29) is 11.6 Å². The Morgan fingerprint density at radius 2 is 1.71 bits per heavy atom. The third-order valence-electron chi connectivity index (χ3n) is 6.12. The molecule has 1 amide bonds. The number of hydrogen-bond donors (Lipinski definition) is 1. The fourth-order valence-corrected chi connectivity index (χ4v) is 5.54. The number of halogens is 2. The van der Waals surface area contributed by atoms with Crippen LogP contribution in [0.3, 0.4) is 0 Å². The molecule has 0 aromatic heterocycles. The summed E-state index contributed by atoms with van der Waals surface area (Å²) in [4.78, 5) is 16.1. The second-order valence-electron chi connectivity index (χ2n) is 8.34. The molecule has 0 saturated carbocycles. The van der Waals surface area contributed by atoms with Gasteiger partial charge in [-0.2, -0.15) is 0 Å². The molecule has 1 unspecified atom stereocenters. The molecular weight excluding hydrogens is 476 g/mol. The van der Waals surface area contributed by atoms with Crippen molar-refractivity contribution < 1.29 is 26.7 Å². The maximum absolute atomic E-state index is 14.0.